The number of methoxy groups -OCH3 is 1. The summed E-state index contributed by atoms with van der Waals surface area (Å²) in [6.45, 7) is 1.89. The summed E-state index contributed by atoms with van der Waals surface area (Å²) in [5.74, 6) is 0.991. The van der Waals surface area contributed by atoms with Gasteiger partial charge in [0.25, 0.3) is 5.91 Å². The van der Waals surface area contributed by atoms with Crippen LogP contribution in [0.2, 0.25) is 5.02 Å². The molecule has 0 saturated heterocycles. The first-order valence-corrected chi connectivity index (χ1v) is 7.38. The summed E-state index contributed by atoms with van der Waals surface area (Å²) in [7, 11) is 1.56. The number of hydrogen-bond donors (Lipinski definition) is 1. The van der Waals surface area contributed by atoms with Crippen molar-refractivity contribution in [1.82, 2.24) is 0 Å². The van der Waals surface area contributed by atoms with Crippen LogP contribution in [0.3, 0.4) is 0 Å². The van der Waals surface area contributed by atoms with Crippen LogP contribution >= 0.6 is 11.6 Å². The van der Waals surface area contributed by atoms with Crippen LogP contribution in [0.1, 0.15) is 13.3 Å². The maximum absolute atomic E-state index is 12.4. The lowest BCUT2D eigenvalue weighted by Crippen LogP contribution is -2.32. The maximum Gasteiger partial charge on any atom is 0.265 e. The van der Waals surface area contributed by atoms with Gasteiger partial charge in [-0.3, -0.25) is 4.79 Å². The molecule has 2 rings (SSSR count). The van der Waals surface area contributed by atoms with Crippen molar-refractivity contribution in [2.24, 2.45) is 0 Å². The van der Waals surface area contributed by atoms with Gasteiger partial charge in [-0.15, -0.1) is 0 Å². The van der Waals surface area contributed by atoms with Crippen LogP contribution in [0, 0.1) is 0 Å². The van der Waals surface area contributed by atoms with Gasteiger partial charge in [-0.25, -0.2) is 0 Å². The van der Waals surface area contributed by atoms with Gasteiger partial charge in [-0.2, -0.15) is 0 Å². The molecule has 0 radical (unpaired) electrons. The molecule has 2 aromatic rings. The Bertz CT molecular complexity index is 628. The summed E-state index contributed by atoms with van der Waals surface area (Å²) < 4.78 is 10.9. The molecule has 2 aromatic carbocycles. The molecule has 0 aliphatic rings. The maximum atomic E-state index is 12.4. The van der Waals surface area contributed by atoms with Crippen molar-refractivity contribution >= 4 is 23.2 Å². The SMILES string of the molecule is CCC(Oc1ccc(Cl)cc1)C(=O)Nc1ccccc1OC. The van der Waals surface area contributed by atoms with E-state index >= 15 is 0 Å². The number of carbonyl (C=O) groups excluding carboxylic acids is 1. The van der Waals surface area contributed by atoms with E-state index in [9.17, 15) is 4.79 Å². The molecule has 22 heavy (non-hydrogen) atoms. The standard InChI is InChI=1S/C17H18ClNO3/c1-3-15(22-13-10-8-12(18)9-11-13)17(20)19-14-6-4-5-7-16(14)21-2/h4-11,15H,3H2,1-2H3,(H,19,20). The Kier molecular flexibility index (Phi) is 5.67. The van der Waals surface area contributed by atoms with E-state index in [0.29, 0.717) is 28.6 Å². The van der Waals surface area contributed by atoms with Gasteiger partial charge in [0.15, 0.2) is 6.10 Å². The molecule has 0 aliphatic heterocycles. The van der Waals surface area contributed by atoms with Crippen LogP contribution in [0.4, 0.5) is 5.69 Å². The molecule has 0 saturated carbocycles. The van der Waals surface area contributed by atoms with Crippen molar-refractivity contribution in [2.45, 2.75) is 19.4 Å². The Morgan fingerprint density at radius 2 is 1.86 bits per heavy atom. The van der Waals surface area contributed by atoms with Crippen LogP contribution in [0.15, 0.2) is 48.5 Å². The van der Waals surface area contributed by atoms with Crippen LogP contribution in [0.5, 0.6) is 11.5 Å². The lowest BCUT2D eigenvalue weighted by molar-refractivity contribution is -0.122. The average Bonchev–Trinajstić information content (AvgIpc) is 2.54. The van der Waals surface area contributed by atoms with E-state index < -0.39 is 6.10 Å². The Hall–Kier alpha value is -2.20. The second-order valence-electron chi connectivity index (χ2n) is 4.66. The van der Waals surface area contributed by atoms with Gasteiger partial charge in [-0.1, -0.05) is 30.7 Å². The minimum Gasteiger partial charge on any atom is -0.495 e. The van der Waals surface area contributed by atoms with Gasteiger partial charge >= 0.3 is 0 Å². The lowest BCUT2D eigenvalue weighted by atomic mass is 10.2. The summed E-state index contributed by atoms with van der Waals surface area (Å²) in [6, 6.07) is 14.2. The number of rotatable bonds is 6. The number of amides is 1. The van der Waals surface area contributed by atoms with Crippen molar-refractivity contribution in [2.75, 3.05) is 12.4 Å². The third-order valence-corrected chi connectivity index (χ3v) is 3.37. The third kappa shape index (κ3) is 4.15. The van der Waals surface area contributed by atoms with Gasteiger partial charge in [0.2, 0.25) is 0 Å². The third-order valence-electron chi connectivity index (χ3n) is 3.12. The predicted octanol–water partition coefficient (Wildman–Crippen LogP) is 4.14. The van der Waals surface area contributed by atoms with Crippen LogP contribution in [-0.2, 0) is 4.79 Å². The highest BCUT2D eigenvalue weighted by Crippen LogP contribution is 2.24. The van der Waals surface area contributed by atoms with Gasteiger partial charge in [0, 0.05) is 5.02 Å². The fraction of sp³-hybridized carbons (Fsp3) is 0.235. The molecule has 1 N–H and O–H groups in total. The molecular weight excluding hydrogens is 302 g/mol. The fourth-order valence-corrected chi connectivity index (χ4v) is 2.09. The first-order chi connectivity index (χ1) is 10.6. The van der Waals surface area contributed by atoms with E-state index in [4.69, 9.17) is 21.1 Å². The molecule has 1 atom stereocenters. The predicted molar refractivity (Wildman–Crippen MR) is 87.8 cm³/mol. The molecule has 116 valence electrons. The number of para-hydroxylation sites is 2. The Morgan fingerprint density at radius 3 is 2.50 bits per heavy atom. The smallest absolute Gasteiger partial charge is 0.265 e. The second kappa shape index (κ2) is 7.71. The number of benzene rings is 2. The minimum absolute atomic E-state index is 0.220. The van der Waals surface area contributed by atoms with E-state index in [1.165, 1.54) is 0 Å². The quantitative estimate of drug-likeness (QED) is 0.870. The first kappa shape index (κ1) is 16.2. The van der Waals surface area contributed by atoms with Crippen LogP contribution in [-0.4, -0.2) is 19.1 Å². The summed E-state index contributed by atoms with van der Waals surface area (Å²) in [5, 5.41) is 3.45. The first-order valence-electron chi connectivity index (χ1n) is 7.00. The van der Waals surface area contributed by atoms with Gasteiger partial charge in [-0.05, 0) is 42.8 Å². The molecule has 1 amide bonds. The second-order valence-corrected chi connectivity index (χ2v) is 5.09. The van der Waals surface area contributed by atoms with E-state index in [1.54, 1.807) is 43.5 Å². The van der Waals surface area contributed by atoms with E-state index in [1.807, 2.05) is 19.1 Å². The zero-order valence-electron chi connectivity index (χ0n) is 12.5. The number of carbonyl (C=O) groups is 1. The van der Waals surface area contributed by atoms with Gasteiger partial charge in [0.05, 0.1) is 12.8 Å². The molecule has 0 spiro atoms. The highest BCUT2D eigenvalue weighted by atomic mass is 35.5. The summed E-state index contributed by atoms with van der Waals surface area (Å²) in [6.07, 6.45) is -0.0463. The molecule has 0 fully saturated rings. The molecule has 0 bridgehead atoms. The van der Waals surface area contributed by atoms with Crippen molar-refractivity contribution in [3.63, 3.8) is 0 Å². The van der Waals surface area contributed by atoms with Crippen molar-refractivity contribution < 1.29 is 14.3 Å². The fourth-order valence-electron chi connectivity index (χ4n) is 1.96. The van der Waals surface area contributed by atoms with E-state index in [-0.39, 0.29) is 5.91 Å². The van der Waals surface area contributed by atoms with Gasteiger partial charge < -0.3 is 14.8 Å². The Morgan fingerprint density at radius 1 is 1.18 bits per heavy atom. The number of hydrogen-bond acceptors (Lipinski definition) is 3. The summed E-state index contributed by atoms with van der Waals surface area (Å²) >= 11 is 5.84. The zero-order valence-corrected chi connectivity index (χ0v) is 13.3. The van der Waals surface area contributed by atoms with Crippen molar-refractivity contribution in [3.8, 4) is 11.5 Å². The van der Waals surface area contributed by atoms with Crippen LogP contribution < -0.4 is 14.8 Å². The highest BCUT2D eigenvalue weighted by molar-refractivity contribution is 6.30. The molecule has 0 aromatic heterocycles. The number of nitrogens with one attached hydrogen (secondary N) is 1. The molecule has 0 heterocycles. The monoisotopic (exact) mass is 319 g/mol. The largest absolute Gasteiger partial charge is 0.495 e. The summed E-state index contributed by atoms with van der Waals surface area (Å²) in [5.41, 5.74) is 0.619. The molecule has 4 nitrogen and oxygen atoms in total. The number of ether oxygens (including phenoxy) is 2. The molecule has 5 heteroatoms. The molecular formula is C17H18ClNO3. The zero-order chi connectivity index (χ0) is 15.9. The lowest BCUT2D eigenvalue weighted by Gasteiger charge is -2.18. The molecule has 1 unspecified atom stereocenters. The number of anilines is 1. The number of halogens is 1. The van der Waals surface area contributed by atoms with Crippen LogP contribution in [0.25, 0.3) is 0 Å². The average molecular weight is 320 g/mol. The Balaban J connectivity index is 2.07. The summed E-state index contributed by atoms with van der Waals surface area (Å²) in [4.78, 5) is 12.4. The van der Waals surface area contributed by atoms with E-state index in [0.717, 1.165) is 0 Å². The van der Waals surface area contributed by atoms with E-state index in [2.05, 4.69) is 5.32 Å². The normalized spacial score (nSPS) is 11.6. The minimum atomic E-state index is -0.592. The van der Waals surface area contributed by atoms with Crippen molar-refractivity contribution in [3.05, 3.63) is 53.6 Å². The Labute approximate surface area is 135 Å². The topological polar surface area (TPSA) is 47.6 Å². The molecule has 0 aliphatic carbocycles. The van der Waals surface area contributed by atoms with Crippen molar-refractivity contribution in [1.29, 1.82) is 0 Å². The van der Waals surface area contributed by atoms with Gasteiger partial charge in [0.1, 0.15) is 11.5 Å². The highest BCUT2D eigenvalue weighted by Gasteiger charge is 2.19.